The molecular weight excluding hydrogens is 204 g/mol. The maximum absolute atomic E-state index is 13.1. The lowest BCUT2D eigenvalue weighted by Gasteiger charge is -2.03. The van der Waals surface area contributed by atoms with Crippen LogP contribution in [-0.2, 0) is 6.54 Å². The van der Waals surface area contributed by atoms with Crippen LogP contribution in [0, 0.1) is 11.6 Å². The van der Waals surface area contributed by atoms with Crippen LogP contribution >= 0.6 is 0 Å². The van der Waals surface area contributed by atoms with E-state index in [0.717, 1.165) is 12.3 Å². The van der Waals surface area contributed by atoms with E-state index in [1.807, 2.05) is 0 Å². The van der Waals surface area contributed by atoms with E-state index in [4.69, 9.17) is 0 Å². The fraction of sp³-hybridized carbons (Fsp3) is 0.125. The first kappa shape index (κ1) is 9.50. The van der Waals surface area contributed by atoms with E-state index in [0.29, 0.717) is 5.82 Å². The molecule has 0 fully saturated rings. The van der Waals surface area contributed by atoms with Gasteiger partial charge in [0.2, 0.25) is 0 Å². The van der Waals surface area contributed by atoms with E-state index < -0.39 is 11.6 Å². The summed E-state index contributed by atoms with van der Waals surface area (Å²) >= 11 is 0. The first-order chi connectivity index (χ1) is 7.25. The van der Waals surface area contributed by atoms with Crippen molar-refractivity contribution in [3.63, 3.8) is 0 Å². The van der Waals surface area contributed by atoms with Crippen LogP contribution in [0.1, 0.15) is 5.82 Å². The van der Waals surface area contributed by atoms with E-state index >= 15 is 0 Å². The molecule has 0 saturated heterocycles. The first-order valence-electron chi connectivity index (χ1n) is 4.15. The maximum Gasteiger partial charge on any atom is 0.168 e. The van der Waals surface area contributed by atoms with Gasteiger partial charge < -0.3 is 5.32 Å². The average Bonchev–Trinajstić information content (AvgIpc) is 2.69. The Morgan fingerprint density at radius 1 is 1.33 bits per heavy atom. The Kier molecular flexibility index (Phi) is 2.53. The topological polar surface area (TPSA) is 66.5 Å². The molecule has 0 aliphatic carbocycles. The number of aromatic nitrogens is 4. The smallest absolute Gasteiger partial charge is 0.168 e. The van der Waals surface area contributed by atoms with Crippen molar-refractivity contribution in [1.82, 2.24) is 20.2 Å². The molecule has 0 spiro atoms. The molecule has 0 amide bonds. The Morgan fingerprint density at radius 2 is 2.20 bits per heavy atom. The lowest BCUT2D eigenvalue weighted by Crippen LogP contribution is -2.05. The van der Waals surface area contributed by atoms with Gasteiger partial charge in [0.05, 0.1) is 12.7 Å². The number of nitrogens with zero attached hydrogens (tertiary/aromatic N) is 3. The zero-order chi connectivity index (χ0) is 10.7. The number of rotatable bonds is 3. The van der Waals surface area contributed by atoms with Crippen molar-refractivity contribution in [2.24, 2.45) is 0 Å². The molecule has 0 bridgehead atoms. The molecule has 78 valence electrons. The molecule has 2 aromatic heterocycles. The molecule has 0 radical (unpaired) electrons. The van der Waals surface area contributed by atoms with Gasteiger partial charge in [0, 0.05) is 6.07 Å². The number of anilines is 1. The highest BCUT2D eigenvalue weighted by Crippen LogP contribution is 2.11. The fourth-order valence-corrected chi connectivity index (χ4v) is 1.03. The Balaban J connectivity index is 2.05. The number of H-pyrrole nitrogens is 1. The number of hydrogen-bond donors (Lipinski definition) is 2. The van der Waals surface area contributed by atoms with Crippen molar-refractivity contribution in [2.45, 2.75) is 6.54 Å². The summed E-state index contributed by atoms with van der Waals surface area (Å²) in [6, 6.07) is 0.760. The highest BCUT2D eigenvalue weighted by Gasteiger charge is 2.05. The van der Waals surface area contributed by atoms with Gasteiger partial charge >= 0.3 is 0 Å². The van der Waals surface area contributed by atoms with Crippen LogP contribution in [0.15, 0.2) is 18.6 Å². The van der Waals surface area contributed by atoms with Crippen LogP contribution in [0.2, 0.25) is 0 Å². The lowest BCUT2D eigenvalue weighted by molar-refractivity contribution is 0.575. The largest absolute Gasteiger partial charge is 0.360 e. The van der Waals surface area contributed by atoms with Gasteiger partial charge in [-0.25, -0.2) is 18.7 Å². The Morgan fingerprint density at radius 3 is 2.87 bits per heavy atom. The third kappa shape index (κ3) is 2.25. The molecule has 0 saturated carbocycles. The number of nitrogens with one attached hydrogen (secondary N) is 2. The summed E-state index contributed by atoms with van der Waals surface area (Å²) in [5.74, 6) is -0.930. The van der Waals surface area contributed by atoms with Crippen molar-refractivity contribution in [3.05, 3.63) is 36.0 Å². The van der Waals surface area contributed by atoms with Gasteiger partial charge in [0.1, 0.15) is 18.0 Å². The van der Waals surface area contributed by atoms with Gasteiger partial charge in [0.25, 0.3) is 0 Å². The van der Waals surface area contributed by atoms with Gasteiger partial charge in [0.15, 0.2) is 11.6 Å². The van der Waals surface area contributed by atoms with Crippen molar-refractivity contribution in [3.8, 4) is 0 Å². The van der Waals surface area contributed by atoms with Crippen LogP contribution in [-0.4, -0.2) is 20.2 Å². The predicted molar refractivity (Wildman–Crippen MR) is 47.9 cm³/mol. The SMILES string of the molecule is Fc1cnc(NCc2ncn[nH]2)c(F)c1. The molecule has 5 nitrogen and oxygen atoms in total. The first-order valence-corrected chi connectivity index (χ1v) is 4.15. The van der Waals surface area contributed by atoms with Crippen molar-refractivity contribution in [2.75, 3.05) is 5.32 Å². The van der Waals surface area contributed by atoms with E-state index in [1.54, 1.807) is 0 Å². The third-order valence-electron chi connectivity index (χ3n) is 1.70. The Bertz CT molecular complexity index is 442. The lowest BCUT2D eigenvalue weighted by atomic mass is 10.4. The number of aromatic amines is 1. The normalized spacial score (nSPS) is 10.3. The highest BCUT2D eigenvalue weighted by atomic mass is 19.1. The van der Waals surface area contributed by atoms with Crippen LogP contribution < -0.4 is 5.32 Å². The van der Waals surface area contributed by atoms with Gasteiger partial charge in [-0.3, -0.25) is 5.10 Å². The summed E-state index contributed by atoms with van der Waals surface area (Å²) in [4.78, 5) is 7.38. The van der Waals surface area contributed by atoms with Crippen molar-refractivity contribution in [1.29, 1.82) is 0 Å². The molecule has 2 heterocycles. The summed E-state index contributed by atoms with van der Waals surface area (Å²) in [6.45, 7) is 0.246. The molecule has 2 rings (SSSR count). The minimum Gasteiger partial charge on any atom is -0.360 e. The molecule has 0 unspecified atom stereocenters. The zero-order valence-electron chi connectivity index (χ0n) is 7.54. The quantitative estimate of drug-likeness (QED) is 0.797. The predicted octanol–water partition coefficient (Wildman–Crippen LogP) is 1.09. The molecule has 2 N–H and O–H groups in total. The van der Waals surface area contributed by atoms with Gasteiger partial charge in [-0.2, -0.15) is 5.10 Å². The third-order valence-corrected chi connectivity index (χ3v) is 1.70. The van der Waals surface area contributed by atoms with Gasteiger partial charge in [-0.1, -0.05) is 0 Å². The summed E-state index contributed by atoms with van der Waals surface area (Å²) < 4.78 is 25.6. The summed E-state index contributed by atoms with van der Waals surface area (Å²) in [7, 11) is 0. The molecule has 2 aromatic rings. The number of halogens is 2. The molecule has 0 aliphatic heterocycles. The van der Waals surface area contributed by atoms with E-state index in [9.17, 15) is 8.78 Å². The van der Waals surface area contributed by atoms with Crippen molar-refractivity contribution < 1.29 is 8.78 Å². The van der Waals surface area contributed by atoms with Crippen LogP contribution in [0.4, 0.5) is 14.6 Å². The second-order valence-electron chi connectivity index (χ2n) is 2.77. The molecule has 0 atom stereocenters. The minimum absolute atomic E-state index is 0.0206. The monoisotopic (exact) mass is 211 g/mol. The van der Waals surface area contributed by atoms with E-state index in [-0.39, 0.29) is 12.4 Å². The minimum atomic E-state index is -0.741. The second-order valence-corrected chi connectivity index (χ2v) is 2.77. The molecule has 0 aliphatic rings. The van der Waals surface area contributed by atoms with Crippen LogP contribution in [0.5, 0.6) is 0 Å². The average molecular weight is 211 g/mol. The zero-order valence-corrected chi connectivity index (χ0v) is 7.54. The summed E-state index contributed by atoms with van der Waals surface area (Å²) in [5.41, 5.74) is 0. The van der Waals surface area contributed by atoms with Crippen LogP contribution in [0.25, 0.3) is 0 Å². The van der Waals surface area contributed by atoms with Gasteiger partial charge in [-0.05, 0) is 0 Å². The Labute approximate surface area is 83.6 Å². The molecular formula is C8H7F2N5. The molecule has 0 aromatic carbocycles. The van der Waals surface area contributed by atoms with Crippen molar-refractivity contribution >= 4 is 5.82 Å². The van der Waals surface area contributed by atoms with Gasteiger partial charge in [-0.15, -0.1) is 0 Å². The number of hydrogen-bond acceptors (Lipinski definition) is 4. The maximum atomic E-state index is 13.1. The summed E-state index contributed by atoms with van der Waals surface area (Å²) in [6.07, 6.45) is 2.28. The summed E-state index contributed by atoms with van der Waals surface area (Å²) in [5, 5.41) is 8.87. The highest BCUT2D eigenvalue weighted by molar-refractivity contribution is 5.35. The second kappa shape index (κ2) is 3.99. The van der Waals surface area contributed by atoms with E-state index in [1.165, 1.54) is 6.33 Å². The fourth-order valence-electron chi connectivity index (χ4n) is 1.03. The molecule has 15 heavy (non-hydrogen) atoms. The van der Waals surface area contributed by atoms with Crippen LogP contribution in [0.3, 0.4) is 0 Å². The van der Waals surface area contributed by atoms with E-state index in [2.05, 4.69) is 25.5 Å². The molecule has 7 heteroatoms. The Hall–Kier alpha value is -2.05. The number of pyridine rings is 1. The standard InChI is InChI=1S/C8H7F2N5/c9-5-1-6(10)8(11-2-5)12-3-7-13-4-14-15-7/h1-2,4H,3H2,(H,11,12)(H,13,14,15).